The van der Waals surface area contributed by atoms with E-state index in [2.05, 4.69) is 61.5 Å². The van der Waals surface area contributed by atoms with Crippen LogP contribution in [0.4, 0.5) is 5.82 Å². The molecule has 4 heterocycles. The number of piperazine rings is 1. The normalized spacial score (nSPS) is 14.1. The smallest absolute Gasteiger partial charge is 0.287 e. The first-order chi connectivity index (χ1) is 19.1. The van der Waals surface area contributed by atoms with Crippen LogP contribution in [0.2, 0.25) is 0 Å². The Hall–Kier alpha value is -3.95. The van der Waals surface area contributed by atoms with Gasteiger partial charge in [-0.1, -0.05) is 60.3 Å². The van der Waals surface area contributed by atoms with Crippen molar-refractivity contribution in [2.24, 2.45) is 0 Å². The molecule has 5 rings (SSSR count). The molecular weight excluding hydrogens is 508 g/mol. The molecule has 1 aliphatic heterocycles. The van der Waals surface area contributed by atoms with Crippen molar-refractivity contribution in [1.82, 2.24) is 25.2 Å². The second-order valence-corrected chi connectivity index (χ2v) is 10.3. The summed E-state index contributed by atoms with van der Waals surface area (Å²) in [5.41, 5.74) is 3.10. The number of nitrogens with zero attached hydrogens (tertiary/aromatic N) is 5. The molecule has 9 heteroatoms. The second kappa shape index (κ2) is 13.2. The molecule has 1 amide bonds. The monoisotopic (exact) mass is 540 g/mol. The molecule has 0 spiro atoms. The Balaban J connectivity index is 1.10. The summed E-state index contributed by atoms with van der Waals surface area (Å²) < 4.78 is 5.78. The van der Waals surface area contributed by atoms with Gasteiger partial charge < -0.3 is 14.6 Å². The maximum absolute atomic E-state index is 12.4. The summed E-state index contributed by atoms with van der Waals surface area (Å²) >= 11 is 1.51. The van der Waals surface area contributed by atoms with Crippen molar-refractivity contribution in [1.29, 1.82) is 0 Å². The highest BCUT2D eigenvalue weighted by Crippen LogP contribution is 2.24. The summed E-state index contributed by atoms with van der Waals surface area (Å²) in [6, 6.07) is 19.7. The van der Waals surface area contributed by atoms with E-state index in [0.717, 1.165) is 49.8 Å². The average molecular weight is 541 g/mol. The van der Waals surface area contributed by atoms with Gasteiger partial charge in [-0.2, -0.15) is 0 Å². The molecule has 1 saturated heterocycles. The molecule has 39 heavy (non-hydrogen) atoms. The van der Waals surface area contributed by atoms with Crippen molar-refractivity contribution in [3.05, 3.63) is 107 Å². The van der Waals surface area contributed by atoms with Crippen LogP contribution in [0.3, 0.4) is 0 Å². The molecule has 8 nitrogen and oxygen atoms in total. The first-order valence-electron chi connectivity index (χ1n) is 13.1. The van der Waals surface area contributed by atoms with E-state index in [1.54, 1.807) is 18.5 Å². The Kier molecular flexibility index (Phi) is 9.03. The van der Waals surface area contributed by atoms with Crippen LogP contribution in [0.1, 0.15) is 33.1 Å². The van der Waals surface area contributed by atoms with E-state index < -0.39 is 0 Å². The zero-order chi connectivity index (χ0) is 26.9. The van der Waals surface area contributed by atoms with E-state index in [1.165, 1.54) is 17.3 Å². The van der Waals surface area contributed by atoms with E-state index in [0.29, 0.717) is 23.2 Å². The average Bonchev–Trinajstić information content (AvgIpc) is 3.45. The zero-order valence-electron chi connectivity index (χ0n) is 22.0. The topological polar surface area (TPSA) is 87.4 Å². The van der Waals surface area contributed by atoms with Gasteiger partial charge in [-0.15, -0.1) is 0 Å². The Morgan fingerprint density at radius 1 is 1.05 bits per heavy atom. The molecule has 200 valence electrons. The Morgan fingerprint density at radius 3 is 2.69 bits per heavy atom. The molecule has 1 aliphatic rings. The van der Waals surface area contributed by atoms with Crippen molar-refractivity contribution in [2.45, 2.75) is 24.4 Å². The number of rotatable bonds is 10. The highest BCUT2D eigenvalue weighted by atomic mass is 32.2. The minimum absolute atomic E-state index is 0.251. The summed E-state index contributed by atoms with van der Waals surface area (Å²) in [5.74, 6) is 2.24. The van der Waals surface area contributed by atoms with Gasteiger partial charge in [-0.3, -0.25) is 14.7 Å². The number of thioether (sulfide) groups is 1. The number of anilines is 1. The number of furan rings is 1. The number of amides is 1. The minimum atomic E-state index is -0.251. The van der Waals surface area contributed by atoms with E-state index in [-0.39, 0.29) is 11.7 Å². The van der Waals surface area contributed by atoms with E-state index >= 15 is 0 Å². The van der Waals surface area contributed by atoms with Crippen LogP contribution < -0.4 is 10.2 Å². The van der Waals surface area contributed by atoms with Crippen LogP contribution in [0.25, 0.3) is 6.08 Å². The standard InChI is InChI=1S/C30H32N6O2S/c1-23-19-28(36-17-15-35(16-18-36)14-6-10-24-7-3-2-4-8-24)34-30(33-23)39-22-26-11-12-27(38-26)29(37)32-21-25-9-5-13-31-20-25/h2-13,19-20H,14-18,21-22H2,1H3,(H,32,37)/b10-6+. The van der Waals surface area contributed by atoms with Crippen molar-refractivity contribution >= 4 is 29.6 Å². The van der Waals surface area contributed by atoms with Gasteiger partial charge in [-0.25, -0.2) is 9.97 Å². The van der Waals surface area contributed by atoms with Crippen LogP contribution in [-0.4, -0.2) is 58.5 Å². The van der Waals surface area contributed by atoms with Crippen molar-refractivity contribution < 1.29 is 9.21 Å². The molecule has 1 aromatic carbocycles. The lowest BCUT2D eigenvalue weighted by atomic mass is 10.2. The molecular formula is C30H32N6O2S. The van der Waals surface area contributed by atoms with Crippen LogP contribution in [0, 0.1) is 6.92 Å². The van der Waals surface area contributed by atoms with Gasteiger partial charge in [-0.05, 0) is 36.2 Å². The summed E-state index contributed by atoms with van der Waals surface area (Å²) in [6.45, 7) is 7.17. The fourth-order valence-corrected chi connectivity index (χ4v) is 5.09. The Bertz CT molecular complexity index is 1390. The van der Waals surface area contributed by atoms with E-state index in [9.17, 15) is 4.79 Å². The molecule has 0 aliphatic carbocycles. The molecule has 1 fully saturated rings. The predicted octanol–water partition coefficient (Wildman–Crippen LogP) is 4.83. The molecule has 1 N–H and O–H groups in total. The predicted molar refractivity (Wildman–Crippen MR) is 155 cm³/mol. The lowest BCUT2D eigenvalue weighted by Crippen LogP contribution is -2.46. The number of aryl methyl sites for hydroxylation is 1. The van der Waals surface area contributed by atoms with Gasteiger partial charge in [0.05, 0.1) is 5.75 Å². The zero-order valence-corrected chi connectivity index (χ0v) is 22.8. The number of hydrogen-bond donors (Lipinski definition) is 1. The molecule has 0 unspecified atom stereocenters. The number of carbonyl (C=O) groups is 1. The van der Waals surface area contributed by atoms with Crippen LogP contribution in [-0.2, 0) is 12.3 Å². The SMILES string of the molecule is Cc1cc(N2CCN(C/C=C/c3ccccc3)CC2)nc(SCc2ccc(C(=O)NCc3cccnc3)o2)n1. The summed E-state index contributed by atoms with van der Waals surface area (Å²) in [7, 11) is 0. The lowest BCUT2D eigenvalue weighted by Gasteiger charge is -2.35. The first-order valence-corrected chi connectivity index (χ1v) is 14.0. The van der Waals surface area contributed by atoms with E-state index in [1.807, 2.05) is 37.3 Å². The van der Waals surface area contributed by atoms with Crippen molar-refractivity contribution in [3.8, 4) is 0 Å². The number of carbonyl (C=O) groups excluding carboxylic acids is 1. The fraction of sp³-hybridized carbons (Fsp3) is 0.267. The van der Waals surface area contributed by atoms with Crippen LogP contribution in [0.5, 0.6) is 0 Å². The van der Waals surface area contributed by atoms with Gasteiger partial charge >= 0.3 is 0 Å². The summed E-state index contributed by atoms with van der Waals surface area (Å²) in [6.07, 6.45) is 7.85. The fourth-order valence-electron chi connectivity index (χ4n) is 4.30. The Morgan fingerprint density at radius 2 is 1.90 bits per heavy atom. The number of hydrogen-bond acceptors (Lipinski definition) is 8. The highest BCUT2D eigenvalue weighted by Gasteiger charge is 2.19. The molecule has 4 aromatic rings. The molecule has 0 saturated carbocycles. The number of pyridine rings is 1. The van der Waals surface area contributed by atoms with Gasteiger partial charge in [0.15, 0.2) is 10.9 Å². The quantitative estimate of drug-likeness (QED) is 0.226. The highest BCUT2D eigenvalue weighted by molar-refractivity contribution is 7.98. The Labute approximate surface area is 233 Å². The molecule has 0 radical (unpaired) electrons. The van der Waals surface area contributed by atoms with Gasteiger partial charge in [0.1, 0.15) is 11.6 Å². The van der Waals surface area contributed by atoms with Gasteiger partial charge in [0, 0.05) is 63.4 Å². The third-order valence-corrected chi connectivity index (χ3v) is 7.26. The first kappa shape index (κ1) is 26.6. The lowest BCUT2D eigenvalue weighted by molar-refractivity contribution is 0.0921. The molecule has 0 bridgehead atoms. The second-order valence-electron chi connectivity index (χ2n) is 9.35. The maximum atomic E-state index is 12.4. The van der Waals surface area contributed by atoms with Gasteiger partial charge in [0.25, 0.3) is 5.91 Å². The van der Waals surface area contributed by atoms with Crippen LogP contribution in [0.15, 0.2) is 88.7 Å². The van der Waals surface area contributed by atoms with Crippen molar-refractivity contribution in [2.75, 3.05) is 37.6 Å². The number of nitrogens with one attached hydrogen (secondary N) is 1. The third-order valence-electron chi connectivity index (χ3n) is 6.39. The van der Waals surface area contributed by atoms with Crippen molar-refractivity contribution in [3.63, 3.8) is 0 Å². The van der Waals surface area contributed by atoms with Gasteiger partial charge in [0.2, 0.25) is 0 Å². The third kappa shape index (κ3) is 7.78. The largest absolute Gasteiger partial charge is 0.455 e. The van der Waals surface area contributed by atoms with Crippen LogP contribution >= 0.6 is 11.8 Å². The molecule has 3 aromatic heterocycles. The molecule has 0 atom stereocenters. The minimum Gasteiger partial charge on any atom is -0.455 e. The van der Waals surface area contributed by atoms with E-state index in [4.69, 9.17) is 9.40 Å². The number of aromatic nitrogens is 3. The maximum Gasteiger partial charge on any atom is 0.287 e. The number of benzene rings is 1. The summed E-state index contributed by atoms with van der Waals surface area (Å²) in [5, 5.41) is 3.56. The summed E-state index contributed by atoms with van der Waals surface area (Å²) in [4.78, 5) is 30.7.